The molecule has 1 saturated carbocycles. The molecule has 16 heavy (non-hydrogen) atoms. The maximum atomic E-state index is 9.16. The van der Waals surface area contributed by atoms with Crippen LogP contribution >= 0.6 is 0 Å². The van der Waals surface area contributed by atoms with Crippen LogP contribution in [0.2, 0.25) is 0 Å². The van der Waals surface area contributed by atoms with Crippen molar-refractivity contribution in [2.24, 2.45) is 5.92 Å². The van der Waals surface area contributed by atoms with E-state index in [1.165, 1.54) is 0 Å². The molecule has 1 aliphatic carbocycles. The van der Waals surface area contributed by atoms with Gasteiger partial charge in [-0.05, 0) is 25.7 Å². The van der Waals surface area contributed by atoms with Crippen LogP contribution in [0.25, 0.3) is 0 Å². The summed E-state index contributed by atoms with van der Waals surface area (Å²) in [6.07, 6.45) is 5.13. The Morgan fingerprint density at radius 2 is 2.00 bits per heavy atom. The third-order valence-electron chi connectivity index (χ3n) is 2.78. The minimum atomic E-state index is -0.0917. The fourth-order valence-electron chi connectivity index (χ4n) is 1.83. The number of aliphatic hydroxyl groups excluding tert-OH is 1. The first-order valence-electron chi connectivity index (χ1n) is 5.75. The van der Waals surface area contributed by atoms with Crippen molar-refractivity contribution in [1.29, 1.82) is 0 Å². The smallest absolute Gasteiger partial charge is 0.146 e. The van der Waals surface area contributed by atoms with Crippen molar-refractivity contribution in [2.45, 2.75) is 25.9 Å². The lowest BCUT2D eigenvalue weighted by Gasteiger charge is -2.31. The van der Waals surface area contributed by atoms with E-state index in [2.05, 4.69) is 20.6 Å². The van der Waals surface area contributed by atoms with E-state index < -0.39 is 0 Å². The summed E-state index contributed by atoms with van der Waals surface area (Å²) < 4.78 is 0. The number of hydrogen-bond donors (Lipinski definition) is 3. The Hall–Kier alpha value is -1.36. The first-order valence-corrected chi connectivity index (χ1v) is 5.75. The standard InChI is InChI=1S/C11H18N4O/c1-2-13-10-6-12-7-11(15-10)14-5-8-3-9(16)4-8/h6-9,16H,2-5H2,1H3,(H2,13,14,15). The lowest BCUT2D eigenvalue weighted by atomic mass is 9.82. The molecule has 0 saturated heterocycles. The van der Waals surface area contributed by atoms with Gasteiger partial charge in [0.25, 0.3) is 0 Å². The molecule has 1 heterocycles. The molecule has 0 aliphatic heterocycles. The minimum Gasteiger partial charge on any atom is -0.393 e. The summed E-state index contributed by atoms with van der Waals surface area (Å²) in [6.45, 7) is 3.73. The van der Waals surface area contributed by atoms with Crippen molar-refractivity contribution >= 4 is 11.6 Å². The summed E-state index contributed by atoms with van der Waals surface area (Å²) in [6, 6.07) is 0. The molecule has 0 unspecified atom stereocenters. The van der Waals surface area contributed by atoms with Crippen molar-refractivity contribution in [3.8, 4) is 0 Å². The van der Waals surface area contributed by atoms with Crippen LogP contribution in [0.1, 0.15) is 19.8 Å². The Balaban J connectivity index is 1.81. The number of aromatic nitrogens is 2. The van der Waals surface area contributed by atoms with Gasteiger partial charge in [0, 0.05) is 13.1 Å². The first-order chi connectivity index (χ1) is 7.78. The van der Waals surface area contributed by atoms with E-state index in [4.69, 9.17) is 5.11 Å². The molecule has 0 aromatic carbocycles. The Labute approximate surface area is 95.3 Å². The van der Waals surface area contributed by atoms with E-state index in [1.54, 1.807) is 12.4 Å². The van der Waals surface area contributed by atoms with Crippen LogP contribution in [0.15, 0.2) is 12.4 Å². The molecule has 5 nitrogen and oxygen atoms in total. The zero-order chi connectivity index (χ0) is 11.4. The Morgan fingerprint density at radius 1 is 1.31 bits per heavy atom. The second-order valence-corrected chi connectivity index (χ2v) is 4.19. The Morgan fingerprint density at radius 3 is 2.62 bits per heavy atom. The van der Waals surface area contributed by atoms with Gasteiger partial charge >= 0.3 is 0 Å². The molecule has 88 valence electrons. The van der Waals surface area contributed by atoms with E-state index in [0.717, 1.165) is 37.6 Å². The molecule has 3 N–H and O–H groups in total. The van der Waals surface area contributed by atoms with Gasteiger partial charge in [0.15, 0.2) is 0 Å². The largest absolute Gasteiger partial charge is 0.393 e. The minimum absolute atomic E-state index is 0.0917. The highest BCUT2D eigenvalue weighted by atomic mass is 16.3. The zero-order valence-electron chi connectivity index (χ0n) is 9.48. The zero-order valence-corrected chi connectivity index (χ0v) is 9.48. The molecule has 1 aromatic heterocycles. The van der Waals surface area contributed by atoms with Gasteiger partial charge in [0.05, 0.1) is 18.5 Å². The second-order valence-electron chi connectivity index (χ2n) is 4.19. The monoisotopic (exact) mass is 222 g/mol. The molecular formula is C11H18N4O. The number of aliphatic hydroxyl groups is 1. The van der Waals surface area contributed by atoms with Gasteiger partial charge in [-0.15, -0.1) is 0 Å². The van der Waals surface area contributed by atoms with Gasteiger partial charge in [-0.2, -0.15) is 0 Å². The Kier molecular flexibility index (Phi) is 3.56. The van der Waals surface area contributed by atoms with Gasteiger partial charge in [-0.25, -0.2) is 4.98 Å². The number of rotatable bonds is 5. The lowest BCUT2D eigenvalue weighted by molar-refractivity contribution is 0.0486. The molecule has 0 radical (unpaired) electrons. The number of nitrogens with zero attached hydrogens (tertiary/aromatic N) is 2. The molecular weight excluding hydrogens is 204 g/mol. The van der Waals surface area contributed by atoms with E-state index in [1.807, 2.05) is 6.92 Å². The average Bonchev–Trinajstić information content (AvgIpc) is 2.24. The summed E-state index contributed by atoms with van der Waals surface area (Å²) in [4.78, 5) is 8.47. The van der Waals surface area contributed by atoms with Crippen LogP contribution in [0.4, 0.5) is 11.6 Å². The van der Waals surface area contributed by atoms with E-state index in [0.29, 0.717) is 5.92 Å². The van der Waals surface area contributed by atoms with Crippen LogP contribution in [0, 0.1) is 5.92 Å². The summed E-state index contributed by atoms with van der Waals surface area (Å²) in [5, 5.41) is 15.5. The summed E-state index contributed by atoms with van der Waals surface area (Å²) in [5.74, 6) is 2.15. The first kappa shape index (κ1) is 11.1. The fourth-order valence-corrected chi connectivity index (χ4v) is 1.83. The van der Waals surface area contributed by atoms with Crippen molar-refractivity contribution in [2.75, 3.05) is 23.7 Å². The molecule has 1 aromatic rings. The van der Waals surface area contributed by atoms with Gasteiger partial charge in [0.2, 0.25) is 0 Å². The molecule has 0 bridgehead atoms. The maximum absolute atomic E-state index is 9.16. The molecule has 0 spiro atoms. The number of anilines is 2. The van der Waals surface area contributed by atoms with Crippen LogP contribution in [0.5, 0.6) is 0 Å². The topological polar surface area (TPSA) is 70.1 Å². The van der Waals surface area contributed by atoms with Crippen LogP contribution in [0.3, 0.4) is 0 Å². The van der Waals surface area contributed by atoms with Crippen LogP contribution in [-0.2, 0) is 0 Å². The third kappa shape index (κ3) is 2.82. The van der Waals surface area contributed by atoms with Crippen molar-refractivity contribution < 1.29 is 5.11 Å². The van der Waals surface area contributed by atoms with Crippen molar-refractivity contribution in [3.05, 3.63) is 12.4 Å². The van der Waals surface area contributed by atoms with Crippen molar-refractivity contribution in [3.63, 3.8) is 0 Å². The molecule has 2 rings (SSSR count). The fraction of sp³-hybridized carbons (Fsp3) is 0.636. The number of nitrogens with one attached hydrogen (secondary N) is 2. The summed E-state index contributed by atoms with van der Waals surface area (Å²) in [7, 11) is 0. The molecule has 0 atom stereocenters. The average molecular weight is 222 g/mol. The van der Waals surface area contributed by atoms with Gasteiger partial charge < -0.3 is 15.7 Å². The quantitative estimate of drug-likeness (QED) is 0.695. The molecule has 1 aliphatic rings. The van der Waals surface area contributed by atoms with Gasteiger partial charge in [0.1, 0.15) is 11.6 Å². The predicted octanol–water partition coefficient (Wildman–Crippen LogP) is 1.09. The highest BCUT2D eigenvalue weighted by Gasteiger charge is 2.26. The summed E-state index contributed by atoms with van der Waals surface area (Å²) >= 11 is 0. The molecule has 1 fully saturated rings. The highest BCUT2D eigenvalue weighted by molar-refractivity contribution is 5.41. The van der Waals surface area contributed by atoms with E-state index in [9.17, 15) is 0 Å². The van der Waals surface area contributed by atoms with Crippen molar-refractivity contribution in [1.82, 2.24) is 9.97 Å². The predicted molar refractivity (Wildman–Crippen MR) is 63.4 cm³/mol. The van der Waals surface area contributed by atoms with Gasteiger partial charge in [-0.1, -0.05) is 0 Å². The SMILES string of the molecule is CCNc1cncc(NCC2CC(O)C2)n1. The van der Waals surface area contributed by atoms with E-state index in [-0.39, 0.29) is 6.10 Å². The lowest BCUT2D eigenvalue weighted by Crippen LogP contribution is -2.33. The van der Waals surface area contributed by atoms with Crippen LogP contribution in [-0.4, -0.2) is 34.3 Å². The van der Waals surface area contributed by atoms with E-state index >= 15 is 0 Å². The summed E-state index contributed by atoms with van der Waals surface area (Å²) in [5.41, 5.74) is 0. The third-order valence-corrected chi connectivity index (χ3v) is 2.78. The molecule has 5 heteroatoms. The molecule has 0 amide bonds. The Bertz CT molecular complexity index is 339. The van der Waals surface area contributed by atoms with Gasteiger partial charge in [-0.3, -0.25) is 4.98 Å². The maximum Gasteiger partial charge on any atom is 0.146 e. The normalized spacial score (nSPS) is 23.6. The number of hydrogen-bond acceptors (Lipinski definition) is 5. The second kappa shape index (κ2) is 5.12. The highest BCUT2D eigenvalue weighted by Crippen LogP contribution is 2.27. The van der Waals surface area contributed by atoms with Crippen LogP contribution < -0.4 is 10.6 Å².